The minimum Gasteiger partial charge on any atom is -0.481 e. The molecule has 4 nitrogen and oxygen atoms in total. The van der Waals surface area contributed by atoms with Crippen molar-refractivity contribution in [3.8, 4) is 0 Å². The second kappa shape index (κ2) is 3.50. The third-order valence-corrected chi connectivity index (χ3v) is 2.69. The van der Waals surface area contributed by atoms with E-state index in [4.69, 9.17) is 5.11 Å². The van der Waals surface area contributed by atoms with Gasteiger partial charge in [-0.2, -0.15) is 13.2 Å². The highest BCUT2D eigenvalue weighted by atomic mass is 19.4. The molecule has 1 atom stereocenters. The third-order valence-electron chi connectivity index (χ3n) is 2.69. The van der Waals surface area contributed by atoms with E-state index < -0.39 is 23.9 Å². The summed E-state index contributed by atoms with van der Waals surface area (Å²) < 4.78 is 38.5. The molecule has 0 saturated carbocycles. The number of aromatic nitrogens is 2. The minimum absolute atomic E-state index is 0.153. The molecule has 0 radical (unpaired) electrons. The number of halogens is 3. The zero-order valence-corrected chi connectivity index (χ0v) is 8.16. The monoisotopic (exact) mass is 234 g/mol. The number of hydrogen-bond donors (Lipinski definition) is 1. The van der Waals surface area contributed by atoms with Crippen molar-refractivity contribution in [2.24, 2.45) is 5.92 Å². The Bertz CT molecular complexity index is 425. The third kappa shape index (κ3) is 1.77. The van der Waals surface area contributed by atoms with Crippen molar-refractivity contribution in [1.82, 2.24) is 9.55 Å². The van der Waals surface area contributed by atoms with Crippen LogP contribution in [0.2, 0.25) is 0 Å². The number of carboxylic acids is 1. The average Bonchev–Trinajstić information content (AvgIpc) is 2.58. The van der Waals surface area contributed by atoms with Crippen molar-refractivity contribution in [3.63, 3.8) is 0 Å². The Balaban J connectivity index is 2.35. The van der Waals surface area contributed by atoms with Gasteiger partial charge in [0, 0.05) is 18.4 Å². The lowest BCUT2D eigenvalue weighted by atomic mass is 9.98. The fourth-order valence-electron chi connectivity index (χ4n) is 1.88. The predicted octanol–water partition coefficient (Wildman–Crippen LogP) is 1.55. The Kier molecular flexibility index (Phi) is 2.40. The van der Waals surface area contributed by atoms with Gasteiger partial charge in [0.1, 0.15) is 0 Å². The molecular formula is C9H9F3N2O2. The van der Waals surface area contributed by atoms with E-state index in [2.05, 4.69) is 4.98 Å². The van der Waals surface area contributed by atoms with Gasteiger partial charge in [-0.15, -0.1) is 0 Å². The van der Waals surface area contributed by atoms with Crippen molar-refractivity contribution >= 4 is 5.97 Å². The first kappa shape index (κ1) is 11.0. The summed E-state index contributed by atoms with van der Waals surface area (Å²) >= 11 is 0. The Hall–Kier alpha value is -1.53. The van der Waals surface area contributed by atoms with Crippen LogP contribution in [0, 0.1) is 5.92 Å². The lowest BCUT2D eigenvalue weighted by Gasteiger charge is -2.22. The molecule has 2 heterocycles. The van der Waals surface area contributed by atoms with Crippen LogP contribution >= 0.6 is 0 Å². The highest BCUT2D eigenvalue weighted by molar-refractivity contribution is 5.70. The standard InChI is InChI=1S/C9H9F3N2O2/c10-9(11,12)8-13-3-6-2-1-5(7(15)16)4-14(6)8/h3,5H,1-2,4H2,(H,15,16). The second-order valence-electron chi connectivity index (χ2n) is 3.76. The summed E-state index contributed by atoms with van der Waals surface area (Å²) in [6.07, 6.45) is -2.68. The molecule has 7 heteroatoms. The molecule has 1 unspecified atom stereocenters. The molecule has 0 aromatic carbocycles. The van der Waals surface area contributed by atoms with Crippen LogP contribution in [0.1, 0.15) is 17.9 Å². The van der Waals surface area contributed by atoms with Crippen LogP contribution in [0.15, 0.2) is 6.20 Å². The Morgan fingerprint density at radius 1 is 1.56 bits per heavy atom. The van der Waals surface area contributed by atoms with Crippen LogP contribution in [-0.2, 0) is 23.9 Å². The van der Waals surface area contributed by atoms with E-state index in [-0.39, 0.29) is 6.54 Å². The van der Waals surface area contributed by atoms with Gasteiger partial charge < -0.3 is 9.67 Å². The van der Waals surface area contributed by atoms with E-state index in [1.807, 2.05) is 0 Å². The number of aryl methyl sites for hydroxylation is 1. The molecule has 0 fully saturated rings. The number of carboxylic acid groups (broad SMARTS) is 1. The van der Waals surface area contributed by atoms with Gasteiger partial charge in [0.15, 0.2) is 0 Å². The number of alkyl halides is 3. The summed E-state index contributed by atoms with van der Waals surface area (Å²) in [7, 11) is 0. The average molecular weight is 234 g/mol. The van der Waals surface area contributed by atoms with Gasteiger partial charge in [-0.05, 0) is 12.8 Å². The molecule has 0 bridgehead atoms. The lowest BCUT2D eigenvalue weighted by Crippen LogP contribution is -2.29. The quantitative estimate of drug-likeness (QED) is 0.802. The molecule has 0 amide bonds. The van der Waals surface area contributed by atoms with Crippen molar-refractivity contribution in [3.05, 3.63) is 17.7 Å². The summed E-state index contributed by atoms with van der Waals surface area (Å²) in [5.41, 5.74) is 0.449. The zero-order valence-electron chi connectivity index (χ0n) is 8.16. The molecular weight excluding hydrogens is 225 g/mol. The van der Waals surface area contributed by atoms with Gasteiger partial charge in [-0.25, -0.2) is 4.98 Å². The number of carbonyl (C=O) groups is 1. The summed E-state index contributed by atoms with van der Waals surface area (Å²) in [5.74, 6) is -2.83. The summed E-state index contributed by atoms with van der Waals surface area (Å²) in [4.78, 5) is 14.0. The smallest absolute Gasteiger partial charge is 0.449 e. The molecule has 1 aliphatic heterocycles. The highest BCUT2D eigenvalue weighted by Gasteiger charge is 2.39. The van der Waals surface area contributed by atoms with E-state index in [0.29, 0.717) is 18.5 Å². The maximum atomic E-state index is 12.5. The summed E-state index contributed by atoms with van der Waals surface area (Å²) in [6, 6.07) is 0. The van der Waals surface area contributed by atoms with Crippen molar-refractivity contribution < 1.29 is 23.1 Å². The molecule has 16 heavy (non-hydrogen) atoms. The highest BCUT2D eigenvalue weighted by Crippen LogP contribution is 2.32. The maximum absolute atomic E-state index is 12.5. The van der Waals surface area contributed by atoms with Crippen molar-refractivity contribution in [2.75, 3.05) is 0 Å². The molecule has 1 aromatic rings. The SMILES string of the molecule is O=C(O)C1CCc2cnc(C(F)(F)F)n2C1. The van der Waals surface area contributed by atoms with Crippen LogP contribution in [0.5, 0.6) is 0 Å². The van der Waals surface area contributed by atoms with E-state index in [1.54, 1.807) is 0 Å². The normalized spacial score (nSPS) is 20.6. The maximum Gasteiger partial charge on any atom is 0.449 e. The molecule has 1 aromatic heterocycles. The number of imidazole rings is 1. The number of hydrogen-bond acceptors (Lipinski definition) is 2. The molecule has 0 spiro atoms. The first-order valence-corrected chi connectivity index (χ1v) is 4.74. The van der Waals surface area contributed by atoms with E-state index in [0.717, 1.165) is 4.57 Å². The zero-order chi connectivity index (χ0) is 11.9. The number of fused-ring (bicyclic) bond motifs is 1. The lowest BCUT2D eigenvalue weighted by molar-refractivity contribution is -0.150. The Morgan fingerprint density at radius 3 is 2.81 bits per heavy atom. The molecule has 0 aliphatic carbocycles. The largest absolute Gasteiger partial charge is 0.481 e. The summed E-state index contributed by atoms with van der Waals surface area (Å²) in [6.45, 7) is -0.153. The molecule has 2 rings (SSSR count). The Labute approximate surface area is 88.7 Å². The van der Waals surface area contributed by atoms with Gasteiger partial charge in [0.05, 0.1) is 5.92 Å². The van der Waals surface area contributed by atoms with Gasteiger partial charge in [-0.1, -0.05) is 0 Å². The first-order valence-electron chi connectivity index (χ1n) is 4.74. The molecule has 1 N–H and O–H groups in total. The van der Waals surface area contributed by atoms with Crippen LogP contribution in [0.4, 0.5) is 13.2 Å². The van der Waals surface area contributed by atoms with Crippen molar-refractivity contribution in [2.45, 2.75) is 25.6 Å². The number of nitrogens with zero attached hydrogens (tertiary/aromatic N) is 2. The van der Waals surface area contributed by atoms with Crippen LogP contribution in [-0.4, -0.2) is 20.6 Å². The van der Waals surface area contributed by atoms with Gasteiger partial charge in [0.25, 0.3) is 0 Å². The minimum atomic E-state index is -4.53. The number of rotatable bonds is 1. The predicted molar refractivity (Wildman–Crippen MR) is 46.7 cm³/mol. The van der Waals surface area contributed by atoms with E-state index >= 15 is 0 Å². The fraction of sp³-hybridized carbons (Fsp3) is 0.556. The Morgan fingerprint density at radius 2 is 2.25 bits per heavy atom. The molecule has 1 aliphatic rings. The second-order valence-corrected chi connectivity index (χ2v) is 3.76. The van der Waals surface area contributed by atoms with Crippen LogP contribution in [0.3, 0.4) is 0 Å². The molecule has 88 valence electrons. The summed E-state index contributed by atoms with van der Waals surface area (Å²) in [5, 5.41) is 8.78. The molecule has 0 saturated heterocycles. The van der Waals surface area contributed by atoms with Crippen LogP contribution < -0.4 is 0 Å². The van der Waals surface area contributed by atoms with Gasteiger partial charge in [0.2, 0.25) is 5.82 Å². The van der Waals surface area contributed by atoms with Gasteiger partial charge >= 0.3 is 12.1 Å². The van der Waals surface area contributed by atoms with Gasteiger partial charge in [-0.3, -0.25) is 4.79 Å². The topological polar surface area (TPSA) is 55.1 Å². The number of aliphatic carboxylic acids is 1. The van der Waals surface area contributed by atoms with E-state index in [1.165, 1.54) is 6.20 Å². The van der Waals surface area contributed by atoms with Crippen molar-refractivity contribution in [1.29, 1.82) is 0 Å². The fourth-order valence-corrected chi connectivity index (χ4v) is 1.88. The van der Waals surface area contributed by atoms with E-state index in [9.17, 15) is 18.0 Å². The van der Waals surface area contributed by atoms with Crippen LogP contribution in [0.25, 0.3) is 0 Å². The first-order chi connectivity index (χ1) is 7.39.